The van der Waals surface area contributed by atoms with Crippen LogP contribution in [0, 0.1) is 6.92 Å². The van der Waals surface area contributed by atoms with E-state index in [4.69, 9.17) is 4.74 Å². The number of hydrogen-bond donors (Lipinski definition) is 0. The predicted molar refractivity (Wildman–Crippen MR) is 120 cm³/mol. The van der Waals surface area contributed by atoms with Gasteiger partial charge in [0.2, 0.25) is 0 Å². The maximum absolute atomic E-state index is 12.4. The number of carbonyl (C=O) groups is 4. The summed E-state index contributed by atoms with van der Waals surface area (Å²) in [6, 6.07) is 14.9. The molecule has 33 heavy (non-hydrogen) atoms. The summed E-state index contributed by atoms with van der Waals surface area (Å²) in [5.41, 5.74) is 3.16. The molecule has 2 heterocycles. The van der Waals surface area contributed by atoms with Crippen molar-refractivity contribution in [3.63, 3.8) is 0 Å². The number of esters is 1. The minimum absolute atomic E-state index is 0.0724. The number of benzene rings is 2. The van der Waals surface area contributed by atoms with Crippen LogP contribution >= 0.6 is 0 Å². The van der Waals surface area contributed by atoms with Gasteiger partial charge in [-0.1, -0.05) is 42.0 Å². The van der Waals surface area contributed by atoms with Gasteiger partial charge >= 0.3 is 5.97 Å². The Bertz CT molecular complexity index is 1040. The summed E-state index contributed by atoms with van der Waals surface area (Å²) in [4.78, 5) is 54.3. The molecule has 4 rings (SSSR count). The van der Waals surface area contributed by atoms with E-state index in [0.29, 0.717) is 24.2 Å². The molecule has 0 radical (unpaired) electrons. The molecule has 0 atom stereocenters. The van der Waals surface area contributed by atoms with Crippen molar-refractivity contribution in [2.75, 3.05) is 39.3 Å². The molecular weight excluding hydrogens is 422 g/mol. The normalized spacial score (nSPS) is 16.2. The Kier molecular flexibility index (Phi) is 6.84. The summed E-state index contributed by atoms with van der Waals surface area (Å²) in [5.74, 6) is -1.68. The fourth-order valence-electron chi connectivity index (χ4n) is 4.18. The number of hydrogen-bond acceptors (Lipinski definition) is 6. The van der Waals surface area contributed by atoms with Crippen LogP contribution in [-0.2, 0) is 20.9 Å². The molecule has 0 spiro atoms. The van der Waals surface area contributed by atoms with Crippen molar-refractivity contribution < 1.29 is 23.9 Å². The molecule has 0 saturated carbocycles. The number of imide groups is 1. The van der Waals surface area contributed by atoms with Crippen LogP contribution in [0.4, 0.5) is 0 Å². The van der Waals surface area contributed by atoms with Gasteiger partial charge in [-0.25, -0.2) is 0 Å². The van der Waals surface area contributed by atoms with Crippen LogP contribution < -0.4 is 0 Å². The Morgan fingerprint density at radius 3 is 2.21 bits per heavy atom. The van der Waals surface area contributed by atoms with Gasteiger partial charge in [0.1, 0.15) is 0 Å². The summed E-state index contributed by atoms with van der Waals surface area (Å²) in [6.45, 7) is 5.18. The smallest absolute Gasteiger partial charge is 0.308 e. The van der Waals surface area contributed by atoms with Crippen LogP contribution in [0.1, 0.15) is 38.3 Å². The zero-order valence-corrected chi connectivity index (χ0v) is 18.7. The lowest BCUT2D eigenvalue weighted by atomic mass is 10.1. The largest absolute Gasteiger partial charge is 0.456 e. The Labute approximate surface area is 192 Å². The van der Waals surface area contributed by atoms with Crippen LogP contribution in [-0.4, -0.2) is 77.7 Å². The van der Waals surface area contributed by atoms with Crippen LogP contribution in [0.15, 0.2) is 48.5 Å². The van der Waals surface area contributed by atoms with E-state index in [0.717, 1.165) is 24.5 Å². The molecule has 2 aliphatic heterocycles. The van der Waals surface area contributed by atoms with Crippen LogP contribution in [0.3, 0.4) is 0 Å². The maximum atomic E-state index is 12.4. The first kappa shape index (κ1) is 22.7. The summed E-state index contributed by atoms with van der Waals surface area (Å²) in [5, 5.41) is 0. The van der Waals surface area contributed by atoms with Crippen molar-refractivity contribution in [3.05, 3.63) is 70.8 Å². The second kappa shape index (κ2) is 9.95. The fraction of sp³-hybridized carbons (Fsp3) is 0.360. The molecule has 2 aromatic rings. The first-order valence-corrected chi connectivity index (χ1v) is 11.1. The van der Waals surface area contributed by atoms with E-state index in [1.54, 1.807) is 29.2 Å². The topological polar surface area (TPSA) is 87.2 Å². The van der Waals surface area contributed by atoms with Gasteiger partial charge in [-0.05, 0) is 24.6 Å². The molecule has 0 aliphatic carbocycles. The molecule has 0 bridgehead atoms. The van der Waals surface area contributed by atoms with E-state index in [-0.39, 0.29) is 25.5 Å². The lowest BCUT2D eigenvalue weighted by Gasteiger charge is -2.34. The molecule has 8 heteroatoms. The highest BCUT2D eigenvalue weighted by Gasteiger charge is 2.35. The zero-order valence-electron chi connectivity index (χ0n) is 18.7. The first-order valence-electron chi connectivity index (χ1n) is 11.1. The number of piperazine rings is 1. The molecule has 1 saturated heterocycles. The SMILES string of the molecule is Cc1cccc(CN2CCN(C(=O)COC(=O)CCN3C(=O)c4ccccc4C3=O)CC2)c1. The lowest BCUT2D eigenvalue weighted by Crippen LogP contribution is -2.49. The highest BCUT2D eigenvalue weighted by molar-refractivity contribution is 6.21. The third-order valence-electron chi connectivity index (χ3n) is 5.99. The molecule has 2 aliphatic rings. The molecule has 0 unspecified atom stereocenters. The minimum atomic E-state index is -0.613. The molecule has 3 amide bonds. The van der Waals surface area contributed by atoms with Crippen molar-refractivity contribution in [2.45, 2.75) is 19.9 Å². The van der Waals surface area contributed by atoms with E-state index in [9.17, 15) is 19.2 Å². The van der Waals surface area contributed by atoms with Gasteiger partial charge in [0.05, 0.1) is 17.5 Å². The summed E-state index contributed by atoms with van der Waals surface area (Å²) in [6.07, 6.45) is -0.150. The van der Waals surface area contributed by atoms with Crippen molar-refractivity contribution in [1.29, 1.82) is 0 Å². The molecule has 172 valence electrons. The Morgan fingerprint density at radius 2 is 1.58 bits per heavy atom. The van der Waals surface area contributed by atoms with Crippen molar-refractivity contribution >= 4 is 23.7 Å². The van der Waals surface area contributed by atoms with Crippen LogP contribution in [0.5, 0.6) is 0 Å². The van der Waals surface area contributed by atoms with Gasteiger partial charge in [0.15, 0.2) is 6.61 Å². The van der Waals surface area contributed by atoms with Gasteiger partial charge < -0.3 is 9.64 Å². The number of amides is 3. The number of nitrogens with zero attached hydrogens (tertiary/aromatic N) is 3. The number of carbonyl (C=O) groups excluding carboxylic acids is 4. The van der Waals surface area contributed by atoms with Crippen molar-refractivity contribution in [2.24, 2.45) is 0 Å². The Balaban J connectivity index is 1.17. The van der Waals surface area contributed by atoms with Crippen LogP contribution in [0.2, 0.25) is 0 Å². The fourth-order valence-corrected chi connectivity index (χ4v) is 4.18. The number of ether oxygens (including phenoxy) is 1. The highest BCUT2D eigenvalue weighted by atomic mass is 16.5. The van der Waals surface area contributed by atoms with Crippen LogP contribution in [0.25, 0.3) is 0 Å². The van der Waals surface area contributed by atoms with Gasteiger partial charge in [-0.15, -0.1) is 0 Å². The minimum Gasteiger partial charge on any atom is -0.456 e. The Hall–Kier alpha value is -3.52. The van der Waals surface area contributed by atoms with E-state index < -0.39 is 17.8 Å². The number of rotatable bonds is 7. The quantitative estimate of drug-likeness (QED) is 0.474. The first-order chi connectivity index (χ1) is 15.9. The summed E-state index contributed by atoms with van der Waals surface area (Å²) < 4.78 is 5.11. The predicted octanol–water partition coefficient (Wildman–Crippen LogP) is 1.87. The van der Waals surface area contributed by atoms with E-state index in [2.05, 4.69) is 30.0 Å². The zero-order chi connectivity index (χ0) is 23.4. The monoisotopic (exact) mass is 449 g/mol. The summed E-state index contributed by atoms with van der Waals surface area (Å²) >= 11 is 0. The second-order valence-electron chi connectivity index (χ2n) is 8.36. The van der Waals surface area contributed by atoms with Crippen molar-refractivity contribution in [3.8, 4) is 0 Å². The second-order valence-corrected chi connectivity index (χ2v) is 8.36. The molecule has 2 aromatic carbocycles. The van der Waals surface area contributed by atoms with Gasteiger partial charge in [0, 0.05) is 39.3 Å². The van der Waals surface area contributed by atoms with Gasteiger partial charge in [0.25, 0.3) is 17.7 Å². The third kappa shape index (κ3) is 5.28. The molecule has 8 nitrogen and oxygen atoms in total. The average Bonchev–Trinajstić information content (AvgIpc) is 3.06. The molecule has 1 fully saturated rings. The maximum Gasteiger partial charge on any atom is 0.308 e. The number of fused-ring (bicyclic) bond motifs is 1. The summed E-state index contributed by atoms with van der Waals surface area (Å²) in [7, 11) is 0. The Morgan fingerprint density at radius 1 is 0.909 bits per heavy atom. The van der Waals surface area contributed by atoms with E-state index >= 15 is 0 Å². The van der Waals surface area contributed by atoms with Gasteiger partial charge in [-0.2, -0.15) is 0 Å². The van der Waals surface area contributed by atoms with Gasteiger partial charge in [-0.3, -0.25) is 29.0 Å². The van der Waals surface area contributed by atoms with E-state index in [1.807, 2.05) is 6.07 Å². The standard InChI is InChI=1S/C25H27N3O5/c1-18-5-4-6-19(15-18)16-26-11-13-27(14-12-26)22(29)17-33-23(30)9-10-28-24(31)20-7-2-3-8-21(20)25(28)32/h2-8,15H,9-14,16-17H2,1H3. The number of aryl methyl sites for hydroxylation is 1. The molecular formula is C25H27N3O5. The van der Waals surface area contributed by atoms with E-state index in [1.165, 1.54) is 11.1 Å². The molecule has 0 aromatic heterocycles. The molecule has 0 N–H and O–H groups in total. The third-order valence-corrected chi connectivity index (χ3v) is 5.99. The average molecular weight is 450 g/mol. The van der Waals surface area contributed by atoms with Crippen molar-refractivity contribution in [1.82, 2.24) is 14.7 Å². The highest BCUT2D eigenvalue weighted by Crippen LogP contribution is 2.22. The lowest BCUT2D eigenvalue weighted by molar-refractivity contribution is -0.152.